The number of nitrogens with zero attached hydrogens (tertiary/aromatic N) is 2. The molecule has 0 saturated heterocycles. The van der Waals surface area contributed by atoms with Crippen LogP contribution in [0.3, 0.4) is 0 Å². The van der Waals surface area contributed by atoms with Gasteiger partial charge in [-0.15, -0.1) is 0 Å². The van der Waals surface area contributed by atoms with Crippen molar-refractivity contribution in [1.29, 1.82) is 0 Å². The molecule has 2 rings (SSSR count). The Bertz CT molecular complexity index is 562. The van der Waals surface area contributed by atoms with Crippen LogP contribution in [0.25, 0.3) is 0 Å². The summed E-state index contributed by atoms with van der Waals surface area (Å²) in [5.41, 5.74) is 2.12. The van der Waals surface area contributed by atoms with Gasteiger partial charge in [0.1, 0.15) is 6.04 Å². The lowest BCUT2D eigenvalue weighted by atomic mass is 10.0. The third kappa shape index (κ3) is 3.07. The lowest BCUT2D eigenvalue weighted by molar-refractivity contribution is -0.125. The predicted molar refractivity (Wildman–Crippen MR) is 79.3 cm³/mol. The van der Waals surface area contributed by atoms with Crippen LogP contribution in [-0.2, 0) is 4.79 Å². The van der Waals surface area contributed by atoms with Gasteiger partial charge in [0.15, 0.2) is 0 Å². The first-order valence-corrected chi connectivity index (χ1v) is 6.99. The number of nitrogens with one attached hydrogen (secondary N) is 1. The van der Waals surface area contributed by atoms with E-state index >= 15 is 0 Å². The van der Waals surface area contributed by atoms with Gasteiger partial charge >= 0.3 is 0 Å². The molecule has 0 aliphatic heterocycles. The summed E-state index contributed by atoms with van der Waals surface area (Å²) >= 11 is 0. The molecule has 0 bridgehead atoms. The Balaban J connectivity index is 2.08. The highest BCUT2D eigenvalue weighted by molar-refractivity contribution is 5.80. The summed E-state index contributed by atoms with van der Waals surface area (Å²) in [5, 5.41) is 7.30. The van der Waals surface area contributed by atoms with Gasteiger partial charge in [0.05, 0.1) is 6.04 Å². The number of amides is 1. The Morgan fingerprint density at radius 3 is 2.55 bits per heavy atom. The van der Waals surface area contributed by atoms with E-state index in [-0.39, 0.29) is 18.0 Å². The van der Waals surface area contributed by atoms with Crippen molar-refractivity contribution in [2.24, 2.45) is 0 Å². The molecule has 1 aromatic carbocycles. The lowest BCUT2D eigenvalue weighted by Crippen LogP contribution is -2.34. The van der Waals surface area contributed by atoms with Crippen molar-refractivity contribution in [2.45, 2.75) is 39.3 Å². The first-order valence-electron chi connectivity index (χ1n) is 6.99. The van der Waals surface area contributed by atoms with Gasteiger partial charge in [-0.25, -0.2) is 0 Å². The molecule has 20 heavy (non-hydrogen) atoms. The fraction of sp³-hybridized carbons (Fsp3) is 0.375. The molecule has 4 nitrogen and oxygen atoms in total. The third-order valence-electron chi connectivity index (χ3n) is 3.54. The van der Waals surface area contributed by atoms with Gasteiger partial charge in [0.25, 0.3) is 0 Å². The highest BCUT2D eigenvalue weighted by Crippen LogP contribution is 2.17. The summed E-state index contributed by atoms with van der Waals surface area (Å²) in [7, 11) is 0. The third-order valence-corrected chi connectivity index (χ3v) is 3.54. The molecule has 0 aliphatic rings. The van der Waals surface area contributed by atoms with Crippen molar-refractivity contribution in [3.05, 3.63) is 53.9 Å². The van der Waals surface area contributed by atoms with Crippen molar-refractivity contribution in [2.75, 3.05) is 0 Å². The summed E-state index contributed by atoms with van der Waals surface area (Å²) < 4.78 is 1.74. The summed E-state index contributed by atoms with van der Waals surface area (Å²) in [6, 6.07) is 11.7. The molecular weight excluding hydrogens is 250 g/mol. The highest BCUT2D eigenvalue weighted by Gasteiger charge is 2.20. The number of carbonyl (C=O) groups is 1. The van der Waals surface area contributed by atoms with E-state index in [1.165, 1.54) is 0 Å². The van der Waals surface area contributed by atoms with Crippen LogP contribution in [0, 0.1) is 6.92 Å². The molecule has 106 valence electrons. The minimum atomic E-state index is -0.303. The zero-order chi connectivity index (χ0) is 14.5. The molecule has 0 saturated carbocycles. The summed E-state index contributed by atoms with van der Waals surface area (Å²) in [6.07, 6.45) is 2.58. The molecule has 4 heteroatoms. The number of hydrogen-bond acceptors (Lipinski definition) is 2. The number of carbonyl (C=O) groups excluding carboxylic acids is 1. The van der Waals surface area contributed by atoms with E-state index < -0.39 is 0 Å². The molecule has 0 fully saturated rings. The number of hydrogen-bond donors (Lipinski definition) is 1. The van der Waals surface area contributed by atoms with Gasteiger partial charge in [-0.05, 0) is 31.9 Å². The smallest absolute Gasteiger partial charge is 0.245 e. The maximum Gasteiger partial charge on any atom is 0.245 e. The number of benzene rings is 1. The topological polar surface area (TPSA) is 46.9 Å². The minimum Gasteiger partial charge on any atom is -0.347 e. The Labute approximate surface area is 119 Å². The second-order valence-electron chi connectivity index (χ2n) is 4.97. The van der Waals surface area contributed by atoms with E-state index in [9.17, 15) is 4.79 Å². The molecule has 1 amide bonds. The Morgan fingerprint density at radius 2 is 2.00 bits per heavy atom. The highest BCUT2D eigenvalue weighted by atomic mass is 16.2. The molecule has 1 N–H and O–H groups in total. The lowest BCUT2D eigenvalue weighted by Gasteiger charge is -2.21. The molecule has 1 aromatic heterocycles. The monoisotopic (exact) mass is 271 g/mol. The van der Waals surface area contributed by atoms with E-state index in [2.05, 4.69) is 17.3 Å². The predicted octanol–water partition coefficient (Wildman–Crippen LogP) is 3.02. The average molecular weight is 271 g/mol. The minimum absolute atomic E-state index is 0.00694. The van der Waals surface area contributed by atoms with Crippen LogP contribution in [0.15, 0.2) is 42.6 Å². The first-order chi connectivity index (χ1) is 9.63. The van der Waals surface area contributed by atoms with E-state index in [1.54, 1.807) is 10.9 Å². The molecule has 1 heterocycles. The molecule has 2 aromatic rings. The zero-order valence-corrected chi connectivity index (χ0v) is 12.2. The molecule has 2 unspecified atom stereocenters. The van der Waals surface area contributed by atoms with Gasteiger partial charge in [-0.2, -0.15) is 5.10 Å². The number of aryl methyl sites for hydroxylation is 1. The van der Waals surface area contributed by atoms with Gasteiger partial charge < -0.3 is 5.32 Å². The maximum atomic E-state index is 12.4. The van der Waals surface area contributed by atoms with E-state index in [0.29, 0.717) is 0 Å². The quantitative estimate of drug-likeness (QED) is 0.908. The second kappa shape index (κ2) is 6.37. The van der Waals surface area contributed by atoms with Crippen LogP contribution in [-0.4, -0.2) is 15.7 Å². The van der Waals surface area contributed by atoms with Crippen LogP contribution in [0.1, 0.15) is 43.6 Å². The summed E-state index contributed by atoms with van der Waals surface area (Å²) in [6.45, 7) is 5.89. The number of aromatic nitrogens is 2. The van der Waals surface area contributed by atoms with Crippen molar-refractivity contribution in [3.8, 4) is 0 Å². The standard InChI is InChI=1S/C16H21N3O/c1-4-15(14-8-6-5-7-9-14)18-16(20)13(3)19-12(2)10-11-17-19/h5-11,13,15H,4H2,1-3H3,(H,18,20). The van der Waals surface area contributed by atoms with Crippen LogP contribution in [0.2, 0.25) is 0 Å². The Morgan fingerprint density at radius 1 is 1.30 bits per heavy atom. The first kappa shape index (κ1) is 14.3. The Kier molecular flexibility index (Phi) is 4.56. The SMILES string of the molecule is CCC(NC(=O)C(C)n1nccc1C)c1ccccc1. The van der Waals surface area contributed by atoms with Crippen LogP contribution >= 0.6 is 0 Å². The van der Waals surface area contributed by atoms with Gasteiger partial charge in [-0.3, -0.25) is 9.48 Å². The van der Waals surface area contributed by atoms with Crippen LogP contribution < -0.4 is 5.32 Å². The van der Waals surface area contributed by atoms with Gasteiger partial charge in [0.2, 0.25) is 5.91 Å². The molecule has 0 aliphatic carbocycles. The van der Waals surface area contributed by atoms with Crippen LogP contribution in [0.5, 0.6) is 0 Å². The molecule has 0 radical (unpaired) electrons. The molecule has 2 atom stereocenters. The number of rotatable bonds is 5. The van der Waals surface area contributed by atoms with Crippen molar-refractivity contribution < 1.29 is 4.79 Å². The van der Waals surface area contributed by atoms with Crippen molar-refractivity contribution >= 4 is 5.91 Å². The molecule has 0 spiro atoms. The van der Waals surface area contributed by atoms with Crippen molar-refractivity contribution in [1.82, 2.24) is 15.1 Å². The largest absolute Gasteiger partial charge is 0.347 e. The van der Waals surface area contributed by atoms with E-state index in [0.717, 1.165) is 17.7 Å². The summed E-state index contributed by atoms with van der Waals surface area (Å²) in [5.74, 6) is -0.00694. The normalized spacial score (nSPS) is 13.8. The fourth-order valence-corrected chi connectivity index (χ4v) is 2.30. The molecular formula is C16H21N3O. The second-order valence-corrected chi connectivity index (χ2v) is 4.97. The summed E-state index contributed by atoms with van der Waals surface area (Å²) in [4.78, 5) is 12.4. The van der Waals surface area contributed by atoms with E-state index in [1.807, 2.05) is 50.2 Å². The maximum absolute atomic E-state index is 12.4. The zero-order valence-electron chi connectivity index (χ0n) is 12.2. The van der Waals surface area contributed by atoms with Crippen LogP contribution in [0.4, 0.5) is 0 Å². The average Bonchev–Trinajstić information content (AvgIpc) is 2.90. The van der Waals surface area contributed by atoms with Gasteiger partial charge in [-0.1, -0.05) is 37.3 Å². The van der Waals surface area contributed by atoms with Gasteiger partial charge in [0, 0.05) is 11.9 Å². The van der Waals surface area contributed by atoms with Crippen molar-refractivity contribution in [3.63, 3.8) is 0 Å². The van der Waals surface area contributed by atoms with E-state index in [4.69, 9.17) is 0 Å². The Hall–Kier alpha value is -2.10. The fourth-order valence-electron chi connectivity index (χ4n) is 2.30.